The van der Waals surface area contributed by atoms with Gasteiger partial charge in [0.1, 0.15) is 0 Å². The van der Waals surface area contributed by atoms with E-state index in [2.05, 4.69) is 5.32 Å². The van der Waals surface area contributed by atoms with E-state index >= 15 is 0 Å². The predicted molar refractivity (Wildman–Crippen MR) is 115 cm³/mol. The van der Waals surface area contributed by atoms with Crippen LogP contribution in [0.2, 0.25) is 10.0 Å². The lowest BCUT2D eigenvalue weighted by Gasteiger charge is -2.26. The Balaban J connectivity index is 1.52. The molecule has 3 rings (SSSR count). The molecule has 1 N–H and O–H groups in total. The van der Waals surface area contributed by atoms with Crippen molar-refractivity contribution in [2.24, 2.45) is 0 Å². The Morgan fingerprint density at radius 2 is 1.79 bits per heavy atom. The van der Waals surface area contributed by atoms with Crippen molar-refractivity contribution in [3.8, 4) is 0 Å². The third-order valence-electron chi connectivity index (χ3n) is 4.27. The Bertz CT molecular complexity index is 963. The lowest BCUT2D eigenvalue weighted by atomic mass is 10.2. The average Bonchev–Trinajstić information content (AvgIpc) is 2.74. The highest BCUT2D eigenvalue weighted by Crippen LogP contribution is 2.29. The van der Waals surface area contributed by atoms with Crippen LogP contribution in [0.5, 0.6) is 0 Å². The molecule has 1 fully saturated rings. The Kier molecular flexibility index (Phi) is 7.84. The molecule has 1 saturated heterocycles. The fourth-order valence-corrected chi connectivity index (χ4v) is 5.43. The van der Waals surface area contributed by atoms with Gasteiger partial charge in [-0.05, 0) is 35.9 Å². The number of rotatable bonds is 7. The molecular formula is C19H20Cl2N2O4S2. The van der Waals surface area contributed by atoms with Gasteiger partial charge >= 0.3 is 0 Å². The molecule has 0 bridgehead atoms. The van der Waals surface area contributed by atoms with E-state index in [-0.39, 0.29) is 16.6 Å². The number of hydrogen-bond acceptors (Lipinski definition) is 5. The summed E-state index contributed by atoms with van der Waals surface area (Å²) >= 11 is 13.3. The first-order chi connectivity index (χ1) is 13.9. The minimum Gasteiger partial charge on any atom is -0.379 e. The number of nitrogens with one attached hydrogen (secondary N) is 1. The Hall–Kier alpha value is -1.29. The Morgan fingerprint density at radius 3 is 2.48 bits per heavy atom. The highest BCUT2D eigenvalue weighted by molar-refractivity contribution is 8.00. The van der Waals surface area contributed by atoms with E-state index < -0.39 is 10.0 Å². The summed E-state index contributed by atoms with van der Waals surface area (Å²) in [5.41, 5.74) is 0.810. The minimum absolute atomic E-state index is 0.156. The van der Waals surface area contributed by atoms with Crippen LogP contribution in [0, 0.1) is 0 Å². The zero-order valence-electron chi connectivity index (χ0n) is 15.4. The van der Waals surface area contributed by atoms with E-state index in [0.29, 0.717) is 42.9 Å². The number of hydrogen-bond donors (Lipinski definition) is 1. The second kappa shape index (κ2) is 10.1. The summed E-state index contributed by atoms with van der Waals surface area (Å²) in [5, 5.41) is 3.92. The van der Waals surface area contributed by atoms with Gasteiger partial charge in [0, 0.05) is 29.6 Å². The first kappa shape index (κ1) is 22.4. The molecule has 1 heterocycles. The predicted octanol–water partition coefficient (Wildman–Crippen LogP) is 3.42. The highest BCUT2D eigenvalue weighted by Gasteiger charge is 2.26. The van der Waals surface area contributed by atoms with Crippen LogP contribution >= 0.6 is 35.0 Å². The molecule has 0 saturated carbocycles. The second-order valence-corrected chi connectivity index (χ2v) is 10.1. The molecule has 0 radical (unpaired) electrons. The van der Waals surface area contributed by atoms with Crippen molar-refractivity contribution < 1.29 is 17.9 Å². The standard InChI is InChI=1S/C19H20Cl2N2O4S2/c20-15-3-6-17(21)18(11-15)28-13-19(24)22-12-14-1-4-16(5-2-14)29(25,26)23-7-9-27-10-8-23/h1-6,11H,7-10,12-13H2,(H,22,24). The zero-order chi connectivity index (χ0) is 20.9. The molecular weight excluding hydrogens is 455 g/mol. The molecule has 10 heteroatoms. The summed E-state index contributed by atoms with van der Waals surface area (Å²) < 4.78 is 31.9. The number of carbonyl (C=O) groups is 1. The molecule has 0 atom stereocenters. The van der Waals surface area contributed by atoms with Crippen LogP contribution in [-0.4, -0.2) is 50.7 Å². The molecule has 1 aliphatic heterocycles. The van der Waals surface area contributed by atoms with Crippen molar-refractivity contribution in [1.29, 1.82) is 0 Å². The largest absolute Gasteiger partial charge is 0.379 e. The molecule has 0 aliphatic carbocycles. The van der Waals surface area contributed by atoms with Gasteiger partial charge in [0.2, 0.25) is 15.9 Å². The monoisotopic (exact) mass is 474 g/mol. The summed E-state index contributed by atoms with van der Waals surface area (Å²) in [5.74, 6) is 0.0415. The van der Waals surface area contributed by atoms with Gasteiger partial charge in [0.15, 0.2) is 0 Å². The molecule has 0 unspecified atom stereocenters. The maximum atomic E-state index is 12.6. The average molecular weight is 475 g/mol. The summed E-state index contributed by atoms with van der Waals surface area (Å²) in [6, 6.07) is 11.6. The van der Waals surface area contributed by atoms with Gasteiger partial charge in [0.05, 0.1) is 28.9 Å². The maximum Gasteiger partial charge on any atom is 0.243 e. The van der Waals surface area contributed by atoms with Crippen LogP contribution < -0.4 is 5.32 Å². The molecule has 29 heavy (non-hydrogen) atoms. The first-order valence-electron chi connectivity index (χ1n) is 8.87. The van der Waals surface area contributed by atoms with E-state index in [9.17, 15) is 13.2 Å². The van der Waals surface area contributed by atoms with E-state index in [1.807, 2.05) is 0 Å². The highest BCUT2D eigenvalue weighted by atomic mass is 35.5. The Labute approximate surface area is 184 Å². The van der Waals surface area contributed by atoms with Crippen LogP contribution in [0.15, 0.2) is 52.3 Å². The number of ether oxygens (including phenoxy) is 1. The fourth-order valence-electron chi connectivity index (χ4n) is 2.70. The van der Waals surface area contributed by atoms with Crippen LogP contribution in [0.25, 0.3) is 0 Å². The number of nitrogens with zero attached hydrogens (tertiary/aromatic N) is 1. The zero-order valence-corrected chi connectivity index (χ0v) is 18.6. The van der Waals surface area contributed by atoms with Crippen molar-refractivity contribution in [3.05, 3.63) is 58.1 Å². The van der Waals surface area contributed by atoms with Crippen molar-refractivity contribution in [2.75, 3.05) is 32.1 Å². The lowest BCUT2D eigenvalue weighted by molar-refractivity contribution is -0.118. The molecule has 6 nitrogen and oxygen atoms in total. The van der Waals surface area contributed by atoms with E-state index in [0.717, 1.165) is 10.5 Å². The minimum atomic E-state index is -3.52. The maximum absolute atomic E-state index is 12.6. The first-order valence-corrected chi connectivity index (χ1v) is 12.1. The summed E-state index contributed by atoms with van der Waals surface area (Å²) in [6.07, 6.45) is 0. The van der Waals surface area contributed by atoms with E-state index in [1.165, 1.54) is 16.1 Å². The SMILES string of the molecule is O=C(CSc1cc(Cl)ccc1Cl)NCc1ccc(S(=O)(=O)N2CCOCC2)cc1. The van der Waals surface area contributed by atoms with Crippen LogP contribution in [0.1, 0.15) is 5.56 Å². The molecule has 0 spiro atoms. The molecule has 2 aromatic rings. The van der Waals surface area contributed by atoms with Gasteiger partial charge in [-0.3, -0.25) is 4.79 Å². The van der Waals surface area contributed by atoms with Crippen molar-refractivity contribution >= 4 is 50.9 Å². The van der Waals surface area contributed by atoms with Crippen molar-refractivity contribution in [2.45, 2.75) is 16.3 Å². The third-order valence-corrected chi connectivity index (χ3v) is 7.92. The molecule has 1 amide bonds. The van der Waals surface area contributed by atoms with Gasteiger partial charge in [-0.1, -0.05) is 35.3 Å². The van der Waals surface area contributed by atoms with Crippen LogP contribution in [0.3, 0.4) is 0 Å². The van der Waals surface area contributed by atoms with E-state index in [1.54, 1.807) is 42.5 Å². The van der Waals surface area contributed by atoms with E-state index in [4.69, 9.17) is 27.9 Å². The van der Waals surface area contributed by atoms with Crippen molar-refractivity contribution in [3.63, 3.8) is 0 Å². The topological polar surface area (TPSA) is 75.7 Å². The Morgan fingerprint density at radius 1 is 1.10 bits per heavy atom. The lowest BCUT2D eigenvalue weighted by Crippen LogP contribution is -2.40. The number of amides is 1. The number of benzene rings is 2. The molecule has 1 aliphatic rings. The summed E-state index contributed by atoms with van der Waals surface area (Å²) in [6.45, 7) is 1.83. The molecule has 0 aromatic heterocycles. The van der Waals surface area contributed by atoms with Gasteiger partial charge in [-0.2, -0.15) is 4.31 Å². The molecule has 2 aromatic carbocycles. The number of morpholine rings is 1. The van der Waals surface area contributed by atoms with Crippen molar-refractivity contribution in [1.82, 2.24) is 9.62 Å². The summed E-state index contributed by atoms with van der Waals surface area (Å²) in [7, 11) is -3.52. The number of carbonyl (C=O) groups excluding carboxylic acids is 1. The smallest absolute Gasteiger partial charge is 0.243 e. The fraction of sp³-hybridized carbons (Fsp3) is 0.316. The number of thioether (sulfide) groups is 1. The molecule has 156 valence electrons. The van der Waals surface area contributed by atoms with Gasteiger partial charge in [0.25, 0.3) is 0 Å². The van der Waals surface area contributed by atoms with Crippen LogP contribution in [-0.2, 0) is 26.1 Å². The summed E-state index contributed by atoms with van der Waals surface area (Å²) in [4.78, 5) is 13.1. The van der Waals surface area contributed by atoms with Gasteiger partial charge in [-0.15, -0.1) is 11.8 Å². The van der Waals surface area contributed by atoms with Gasteiger partial charge in [-0.25, -0.2) is 8.42 Å². The number of halogens is 2. The van der Waals surface area contributed by atoms with Crippen LogP contribution in [0.4, 0.5) is 0 Å². The quantitative estimate of drug-likeness (QED) is 0.622. The van der Waals surface area contributed by atoms with Gasteiger partial charge < -0.3 is 10.1 Å². The third kappa shape index (κ3) is 6.10. The number of sulfonamides is 1. The normalized spacial score (nSPS) is 15.2. The second-order valence-electron chi connectivity index (χ2n) is 6.30.